The standard InChI is InChI=1S/C22H40N2O3/c1-4-6-8-9-10-11-12-13-14-16-18-23-22(27)21(19(3)25)24-20(26)17-15-7-5-2/h5,7,15,17,19,21,25H,4,6,8-14,16,18H2,1-3H3,(H,23,27)(H,24,26)/t19-,21+/m1/s1. The average molecular weight is 381 g/mol. The number of carbonyl (C=O) groups is 2. The summed E-state index contributed by atoms with van der Waals surface area (Å²) < 4.78 is 0. The molecule has 0 aromatic carbocycles. The predicted octanol–water partition coefficient (Wildman–Crippen LogP) is 4.02. The first-order valence-electron chi connectivity index (χ1n) is 10.6. The van der Waals surface area contributed by atoms with E-state index in [1.54, 1.807) is 18.2 Å². The summed E-state index contributed by atoms with van der Waals surface area (Å²) in [7, 11) is 0. The molecule has 2 amide bonds. The summed E-state index contributed by atoms with van der Waals surface area (Å²) in [6.45, 7) is 6.16. The van der Waals surface area contributed by atoms with E-state index in [4.69, 9.17) is 0 Å². The van der Waals surface area contributed by atoms with Crippen LogP contribution in [0.3, 0.4) is 0 Å². The topological polar surface area (TPSA) is 78.4 Å². The van der Waals surface area contributed by atoms with Crippen molar-refractivity contribution in [2.45, 2.75) is 97.1 Å². The molecule has 0 aromatic heterocycles. The first-order valence-corrected chi connectivity index (χ1v) is 10.6. The third-order valence-electron chi connectivity index (χ3n) is 4.44. The SMILES string of the molecule is CC=CC=CC(=O)N[C@H](C(=O)NCCCCCCCCCCCC)[C@@H](C)O. The Kier molecular flexibility index (Phi) is 16.7. The van der Waals surface area contributed by atoms with E-state index in [-0.39, 0.29) is 5.91 Å². The molecule has 0 aliphatic rings. The number of hydrogen-bond acceptors (Lipinski definition) is 3. The highest BCUT2D eigenvalue weighted by atomic mass is 16.3. The zero-order chi connectivity index (χ0) is 20.3. The van der Waals surface area contributed by atoms with Crippen LogP contribution < -0.4 is 10.6 Å². The molecule has 0 spiro atoms. The molecule has 156 valence electrons. The molecule has 0 fully saturated rings. The van der Waals surface area contributed by atoms with Gasteiger partial charge >= 0.3 is 0 Å². The number of nitrogens with one attached hydrogen (secondary N) is 2. The maximum absolute atomic E-state index is 12.2. The van der Waals surface area contributed by atoms with Gasteiger partial charge < -0.3 is 15.7 Å². The van der Waals surface area contributed by atoms with Gasteiger partial charge in [0.05, 0.1) is 6.10 Å². The summed E-state index contributed by atoms with van der Waals surface area (Å²) in [5.74, 6) is -0.734. The van der Waals surface area contributed by atoms with E-state index >= 15 is 0 Å². The fraction of sp³-hybridized carbons (Fsp3) is 0.727. The number of carbonyl (C=O) groups excluding carboxylic acids is 2. The summed E-state index contributed by atoms with van der Waals surface area (Å²) in [5, 5.41) is 15.1. The van der Waals surface area contributed by atoms with Crippen LogP contribution in [-0.2, 0) is 9.59 Å². The normalized spacial score (nSPS) is 13.8. The van der Waals surface area contributed by atoms with E-state index < -0.39 is 18.1 Å². The number of amides is 2. The number of unbranched alkanes of at least 4 members (excludes halogenated alkanes) is 9. The zero-order valence-electron chi connectivity index (χ0n) is 17.5. The van der Waals surface area contributed by atoms with E-state index in [0.717, 1.165) is 12.8 Å². The van der Waals surface area contributed by atoms with Crippen molar-refractivity contribution in [1.29, 1.82) is 0 Å². The number of aliphatic hydroxyl groups is 1. The van der Waals surface area contributed by atoms with Gasteiger partial charge in [-0.3, -0.25) is 9.59 Å². The van der Waals surface area contributed by atoms with E-state index in [9.17, 15) is 14.7 Å². The largest absolute Gasteiger partial charge is 0.391 e. The van der Waals surface area contributed by atoms with Crippen LogP contribution in [-0.4, -0.2) is 35.6 Å². The molecule has 0 rings (SSSR count). The van der Waals surface area contributed by atoms with E-state index in [1.165, 1.54) is 64.4 Å². The second-order valence-corrected chi connectivity index (χ2v) is 7.08. The number of allylic oxidation sites excluding steroid dienone is 3. The van der Waals surface area contributed by atoms with Crippen LogP contribution in [0.4, 0.5) is 0 Å². The zero-order valence-corrected chi connectivity index (χ0v) is 17.5. The van der Waals surface area contributed by atoms with Crippen molar-refractivity contribution in [1.82, 2.24) is 10.6 Å². The molecule has 0 unspecified atom stereocenters. The van der Waals surface area contributed by atoms with E-state index in [1.807, 2.05) is 6.92 Å². The number of aliphatic hydroxyl groups excluding tert-OH is 1. The Morgan fingerprint density at radius 3 is 2.00 bits per heavy atom. The first kappa shape index (κ1) is 25.4. The molecule has 27 heavy (non-hydrogen) atoms. The van der Waals surface area contributed by atoms with Crippen molar-refractivity contribution < 1.29 is 14.7 Å². The summed E-state index contributed by atoms with van der Waals surface area (Å²) in [6.07, 6.45) is 17.9. The van der Waals surface area contributed by atoms with Crippen LogP contribution in [0.1, 0.15) is 85.0 Å². The predicted molar refractivity (Wildman–Crippen MR) is 112 cm³/mol. The fourth-order valence-electron chi connectivity index (χ4n) is 2.79. The van der Waals surface area contributed by atoms with Gasteiger partial charge in [0.2, 0.25) is 11.8 Å². The minimum Gasteiger partial charge on any atom is -0.391 e. The van der Waals surface area contributed by atoms with Gasteiger partial charge in [-0.15, -0.1) is 0 Å². The van der Waals surface area contributed by atoms with Crippen LogP contribution in [0.2, 0.25) is 0 Å². The highest BCUT2D eigenvalue weighted by molar-refractivity contribution is 5.93. The second kappa shape index (κ2) is 17.8. The molecule has 5 nitrogen and oxygen atoms in total. The Morgan fingerprint density at radius 2 is 1.48 bits per heavy atom. The van der Waals surface area contributed by atoms with Gasteiger partial charge in [-0.1, -0.05) is 82.9 Å². The average Bonchev–Trinajstić information content (AvgIpc) is 2.64. The molecule has 0 aliphatic carbocycles. The van der Waals surface area contributed by atoms with Gasteiger partial charge in [0.1, 0.15) is 6.04 Å². The van der Waals surface area contributed by atoms with Gasteiger partial charge in [-0.2, -0.15) is 0 Å². The first-order chi connectivity index (χ1) is 13.0. The van der Waals surface area contributed by atoms with Gasteiger partial charge in [0, 0.05) is 12.6 Å². The highest BCUT2D eigenvalue weighted by Crippen LogP contribution is 2.10. The van der Waals surface area contributed by atoms with Gasteiger partial charge in [-0.25, -0.2) is 0 Å². The van der Waals surface area contributed by atoms with Gasteiger partial charge in [-0.05, 0) is 20.3 Å². The van der Waals surface area contributed by atoms with Crippen molar-refractivity contribution in [3.05, 3.63) is 24.3 Å². The molecule has 0 radical (unpaired) electrons. The summed E-state index contributed by atoms with van der Waals surface area (Å²) in [4.78, 5) is 24.0. The summed E-state index contributed by atoms with van der Waals surface area (Å²) in [5.41, 5.74) is 0. The van der Waals surface area contributed by atoms with Gasteiger partial charge in [0.25, 0.3) is 0 Å². The lowest BCUT2D eigenvalue weighted by Gasteiger charge is -2.20. The fourth-order valence-corrected chi connectivity index (χ4v) is 2.79. The molecule has 5 heteroatoms. The van der Waals surface area contributed by atoms with Crippen molar-refractivity contribution >= 4 is 11.8 Å². The van der Waals surface area contributed by atoms with Crippen LogP contribution in [0.15, 0.2) is 24.3 Å². The smallest absolute Gasteiger partial charge is 0.245 e. The number of rotatable bonds is 16. The lowest BCUT2D eigenvalue weighted by Crippen LogP contribution is -2.52. The summed E-state index contributed by atoms with van der Waals surface area (Å²) in [6, 6.07) is -0.934. The molecular formula is C22H40N2O3. The van der Waals surface area contributed by atoms with Crippen molar-refractivity contribution in [3.8, 4) is 0 Å². The van der Waals surface area contributed by atoms with Crippen LogP contribution in [0, 0.1) is 0 Å². The van der Waals surface area contributed by atoms with Crippen molar-refractivity contribution in [3.63, 3.8) is 0 Å². The quantitative estimate of drug-likeness (QED) is 0.215. The minimum atomic E-state index is -0.947. The number of hydrogen-bond donors (Lipinski definition) is 3. The summed E-state index contributed by atoms with van der Waals surface area (Å²) >= 11 is 0. The Bertz CT molecular complexity index is 445. The molecule has 0 saturated carbocycles. The maximum Gasteiger partial charge on any atom is 0.245 e. The second-order valence-electron chi connectivity index (χ2n) is 7.08. The molecular weight excluding hydrogens is 340 g/mol. The van der Waals surface area contributed by atoms with Crippen molar-refractivity contribution in [2.24, 2.45) is 0 Å². The molecule has 0 bridgehead atoms. The molecule has 0 saturated heterocycles. The third-order valence-corrected chi connectivity index (χ3v) is 4.44. The molecule has 0 aromatic rings. The van der Waals surface area contributed by atoms with Crippen LogP contribution >= 0.6 is 0 Å². The highest BCUT2D eigenvalue weighted by Gasteiger charge is 2.24. The third kappa shape index (κ3) is 15.2. The maximum atomic E-state index is 12.2. The molecule has 2 atom stereocenters. The van der Waals surface area contributed by atoms with E-state index in [0.29, 0.717) is 6.54 Å². The molecule has 0 heterocycles. The Morgan fingerprint density at radius 1 is 0.926 bits per heavy atom. The Labute approximate surface area is 165 Å². The van der Waals surface area contributed by atoms with Crippen molar-refractivity contribution in [2.75, 3.05) is 6.54 Å². The van der Waals surface area contributed by atoms with Crippen LogP contribution in [0.25, 0.3) is 0 Å². The Hall–Kier alpha value is -1.62. The molecule has 3 N–H and O–H groups in total. The van der Waals surface area contributed by atoms with Gasteiger partial charge in [0.15, 0.2) is 0 Å². The monoisotopic (exact) mass is 380 g/mol. The minimum absolute atomic E-state index is 0.339. The Balaban J connectivity index is 3.87. The van der Waals surface area contributed by atoms with E-state index in [2.05, 4.69) is 17.6 Å². The van der Waals surface area contributed by atoms with Crippen LogP contribution in [0.5, 0.6) is 0 Å². The lowest BCUT2D eigenvalue weighted by molar-refractivity contribution is -0.129. The molecule has 0 aliphatic heterocycles. The lowest BCUT2D eigenvalue weighted by atomic mass is 10.1.